The minimum absolute atomic E-state index is 0.0988. The Kier molecular flexibility index (Phi) is 5.55. The minimum Gasteiger partial charge on any atom is -0.435 e. The molecule has 6 heteroatoms. The van der Waals surface area contributed by atoms with E-state index >= 15 is 0 Å². The van der Waals surface area contributed by atoms with E-state index in [1.54, 1.807) is 0 Å². The van der Waals surface area contributed by atoms with Gasteiger partial charge in [0.1, 0.15) is 0 Å². The molecule has 168 valence electrons. The summed E-state index contributed by atoms with van der Waals surface area (Å²) in [5, 5.41) is 0. The van der Waals surface area contributed by atoms with Crippen molar-refractivity contribution in [1.29, 1.82) is 0 Å². The van der Waals surface area contributed by atoms with E-state index < -0.39 is 24.5 Å². The van der Waals surface area contributed by atoms with Gasteiger partial charge in [-0.1, -0.05) is 33.3 Å². The molecule has 5 unspecified atom stereocenters. The van der Waals surface area contributed by atoms with Crippen molar-refractivity contribution in [2.75, 3.05) is 6.61 Å². The van der Waals surface area contributed by atoms with E-state index in [1.807, 2.05) is 0 Å². The summed E-state index contributed by atoms with van der Waals surface area (Å²) in [7, 11) is 0. The minimum atomic E-state index is -0.773. The Bertz CT molecular complexity index is 740. The van der Waals surface area contributed by atoms with Crippen molar-refractivity contribution in [2.24, 2.45) is 22.7 Å². The SMILES string of the molecule is CC(=O)O[C@@H]1C/C(=C/CC2(C)C(C)CCC3(C)C2CCCC32CO2)[C@@H](OC(C)=O)O1. The van der Waals surface area contributed by atoms with Crippen LogP contribution in [-0.2, 0) is 28.5 Å². The molecule has 30 heavy (non-hydrogen) atoms. The first-order valence-electron chi connectivity index (χ1n) is 11.4. The third-order valence-electron chi connectivity index (χ3n) is 8.75. The second-order valence-electron chi connectivity index (χ2n) is 10.4. The Morgan fingerprint density at radius 3 is 2.47 bits per heavy atom. The van der Waals surface area contributed by atoms with Crippen molar-refractivity contribution >= 4 is 11.9 Å². The molecule has 0 aromatic carbocycles. The Morgan fingerprint density at radius 1 is 1.13 bits per heavy atom. The standard InChI is InChI=1S/C24H36O6/c1-15-8-12-23(5)19(7-6-10-24(23)14-27-24)22(15,4)11-9-18-13-20(28-16(2)25)30-21(18)29-17(3)26/h9,15,19-21H,6-8,10-14H2,1-5H3/b18-9-/t15?,19?,20-,21-,22?,23?,24?/m0/s1. The van der Waals surface area contributed by atoms with Gasteiger partial charge in [-0.3, -0.25) is 14.3 Å². The van der Waals surface area contributed by atoms with Crippen LogP contribution < -0.4 is 0 Å². The maximum Gasteiger partial charge on any atom is 0.305 e. The number of allylic oxidation sites excluding steroid dienone is 1. The molecule has 4 aliphatic rings. The lowest BCUT2D eigenvalue weighted by Crippen LogP contribution is -2.56. The first-order chi connectivity index (χ1) is 14.1. The van der Waals surface area contributed by atoms with Crippen LogP contribution in [0.25, 0.3) is 0 Å². The van der Waals surface area contributed by atoms with Crippen LogP contribution in [0.3, 0.4) is 0 Å². The van der Waals surface area contributed by atoms with Gasteiger partial charge in [0.15, 0.2) is 0 Å². The number of epoxide rings is 1. The van der Waals surface area contributed by atoms with Crippen LogP contribution in [0.4, 0.5) is 0 Å². The predicted octanol–water partition coefficient (Wildman–Crippen LogP) is 4.51. The summed E-state index contributed by atoms with van der Waals surface area (Å²) in [6.07, 6.45) is 8.16. The summed E-state index contributed by atoms with van der Waals surface area (Å²) in [6.45, 7) is 10.9. The van der Waals surface area contributed by atoms with Gasteiger partial charge in [0.25, 0.3) is 0 Å². The molecule has 0 radical (unpaired) electrons. The molecule has 0 aromatic rings. The number of carbonyl (C=O) groups is 2. The van der Waals surface area contributed by atoms with Gasteiger partial charge in [0.05, 0.1) is 12.2 Å². The van der Waals surface area contributed by atoms with E-state index in [9.17, 15) is 9.59 Å². The van der Waals surface area contributed by atoms with Gasteiger partial charge in [-0.05, 0) is 49.4 Å². The van der Waals surface area contributed by atoms with Crippen molar-refractivity contribution in [3.63, 3.8) is 0 Å². The number of carbonyl (C=O) groups excluding carboxylic acids is 2. The van der Waals surface area contributed by atoms with Crippen molar-refractivity contribution in [2.45, 2.75) is 97.7 Å². The lowest BCUT2D eigenvalue weighted by atomic mass is 9.44. The van der Waals surface area contributed by atoms with Gasteiger partial charge in [0, 0.05) is 31.3 Å². The Morgan fingerprint density at radius 2 is 1.83 bits per heavy atom. The fraction of sp³-hybridized carbons (Fsp3) is 0.833. The summed E-state index contributed by atoms with van der Waals surface area (Å²) in [5.74, 6) is 0.392. The normalized spacial score (nSPS) is 46.5. The van der Waals surface area contributed by atoms with Crippen LogP contribution in [0.15, 0.2) is 11.6 Å². The lowest BCUT2D eigenvalue weighted by molar-refractivity contribution is -0.204. The molecule has 2 saturated carbocycles. The average Bonchev–Trinajstić information content (AvgIpc) is 3.35. The molecule has 0 aromatic heterocycles. The molecule has 2 aliphatic heterocycles. The second-order valence-corrected chi connectivity index (χ2v) is 10.4. The van der Waals surface area contributed by atoms with Gasteiger partial charge in [-0.2, -0.15) is 0 Å². The van der Waals surface area contributed by atoms with Crippen molar-refractivity contribution < 1.29 is 28.5 Å². The van der Waals surface area contributed by atoms with Crippen LogP contribution in [0.2, 0.25) is 0 Å². The summed E-state index contributed by atoms with van der Waals surface area (Å²) in [6, 6.07) is 0. The Labute approximate surface area is 179 Å². The lowest BCUT2D eigenvalue weighted by Gasteiger charge is -2.60. The molecular formula is C24H36O6. The third-order valence-corrected chi connectivity index (χ3v) is 8.75. The summed E-state index contributed by atoms with van der Waals surface area (Å²) < 4.78 is 22.4. The van der Waals surface area contributed by atoms with E-state index in [0.717, 1.165) is 18.6 Å². The summed E-state index contributed by atoms with van der Waals surface area (Å²) >= 11 is 0. The molecule has 4 rings (SSSR count). The fourth-order valence-electron chi connectivity index (χ4n) is 6.67. The van der Waals surface area contributed by atoms with Crippen LogP contribution in [0.1, 0.15) is 79.6 Å². The molecule has 6 nitrogen and oxygen atoms in total. The van der Waals surface area contributed by atoms with E-state index in [1.165, 1.54) is 46.0 Å². The van der Waals surface area contributed by atoms with Crippen molar-refractivity contribution in [3.8, 4) is 0 Å². The quantitative estimate of drug-likeness (QED) is 0.378. The largest absolute Gasteiger partial charge is 0.435 e. The zero-order chi connectivity index (χ0) is 21.7. The molecule has 0 N–H and O–H groups in total. The number of fused-ring (bicyclic) bond motifs is 2. The summed E-state index contributed by atoms with van der Waals surface area (Å²) in [4.78, 5) is 22.9. The van der Waals surface area contributed by atoms with E-state index in [2.05, 4.69) is 26.8 Å². The second kappa shape index (κ2) is 7.63. The van der Waals surface area contributed by atoms with Crippen LogP contribution in [0, 0.1) is 22.7 Å². The molecule has 2 heterocycles. The molecule has 2 saturated heterocycles. The predicted molar refractivity (Wildman–Crippen MR) is 110 cm³/mol. The molecule has 0 amide bonds. The third kappa shape index (κ3) is 3.60. The highest BCUT2D eigenvalue weighted by molar-refractivity contribution is 5.67. The van der Waals surface area contributed by atoms with Gasteiger partial charge < -0.3 is 14.2 Å². The molecule has 1 spiro atoms. The van der Waals surface area contributed by atoms with Crippen molar-refractivity contribution in [1.82, 2.24) is 0 Å². The monoisotopic (exact) mass is 420 g/mol. The highest BCUT2D eigenvalue weighted by Crippen LogP contribution is 2.68. The number of hydrogen-bond acceptors (Lipinski definition) is 6. The number of esters is 2. The van der Waals surface area contributed by atoms with Gasteiger partial charge in [0.2, 0.25) is 12.6 Å². The maximum absolute atomic E-state index is 11.6. The number of rotatable bonds is 4. The first-order valence-corrected chi connectivity index (χ1v) is 11.4. The molecule has 2 aliphatic carbocycles. The number of ether oxygens (including phenoxy) is 4. The molecule has 4 fully saturated rings. The highest BCUT2D eigenvalue weighted by atomic mass is 16.8. The van der Waals surface area contributed by atoms with Gasteiger partial charge >= 0.3 is 11.9 Å². The maximum atomic E-state index is 11.6. The summed E-state index contributed by atoms with van der Waals surface area (Å²) in [5.41, 5.74) is 1.36. The molecule has 0 bridgehead atoms. The van der Waals surface area contributed by atoms with Crippen molar-refractivity contribution in [3.05, 3.63) is 11.6 Å². The van der Waals surface area contributed by atoms with E-state index in [0.29, 0.717) is 18.3 Å². The zero-order valence-electron chi connectivity index (χ0n) is 19.0. The van der Waals surface area contributed by atoms with Crippen LogP contribution in [0.5, 0.6) is 0 Å². The average molecular weight is 421 g/mol. The molecule has 7 atom stereocenters. The first kappa shape index (κ1) is 21.8. The topological polar surface area (TPSA) is 74.4 Å². The van der Waals surface area contributed by atoms with E-state index in [4.69, 9.17) is 18.9 Å². The van der Waals surface area contributed by atoms with Gasteiger partial charge in [-0.25, -0.2) is 0 Å². The van der Waals surface area contributed by atoms with Gasteiger partial charge in [-0.15, -0.1) is 0 Å². The smallest absolute Gasteiger partial charge is 0.305 e. The molecular weight excluding hydrogens is 384 g/mol. The fourth-order valence-corrected chi connectivity index (χ4v) is 6.67. The van der Waals surface area contributed by atoms with Crippen LogP contribution >= 0.6 is 0 Å². The Balaban J connectivity index is 1.56. The highest BCUT2D eigenvalue weighted by Gasteiger charge is 2.67. The Hall–Kier alpha value is -1.40. The van der Waals surface area contributed by atoms with Crippen LogP contribution in [-0.4, -0.2) is 36.7 Å². The van der Waals surface area contributed by atoms with E-state index in [-0.39, 0.29) is 16.4 Å². The number of hydrogen-bond donors (Lipinski definition) is 0. The zero-order valence-corrected chi connectivity index (χ0v) is 19.0.